The average Bonchev–Trinajstić information content (AvgIpc) is 3.28. The number of hydrogen-bond donors (Lipinski definition) is 2. The number of rotatable bonds is 4. The number of ether oxygens (including phenoxy) is 1. The van der Waals surface area contributed by atoms with Gasteiger partial charge < -0.3 is 15.0 Å². The van der Waals surface area contributed by atoms with E-state index in [0.717, 1.165) is 51.0 Å². The quantitative estimate of drug-likeness (QED) is 0.503. The van der Waals surface area contributed by atoms with Gasteiger partial charge in [-0.15, -0.1) is 0 Å². The molecule has 2 aliphatic carbocycles. The highest BCUT2D eigenvalue weighted by Crippen LogP contribution is 2.43. The minimum absolute atomic E-state index is 0.00929. The Morgan fingerprint density at radius 3 is 2.56 bits per heavy atom. The van der Waals surface area contributed by atoms with Crippen molar-refractivity contribution < 1.29 is 22.7 Å². The van der Waals surface area contributed by atoms with E-state index in [4.69, 9.17) is 9.73 Å². The fourth-order valence-electron chi connectivity index (χ4n) is 7.02. The molecule has 2 saturated carbocycles. The molecule has 4 rings (SSSR count). The highest BCUT2D eigenvalue weighted by molar-refractivity contribution is 5.80. The van der Waals surface area contributed by atoms with Crippen LogP contribution in [0.3, 0.4) is 0 Å². The van der Waals surface area contributed by atoms with Gasteiger partial charge in [-0.05, 0) is 97.3 Å². The highest BCUT2D eigenvalue weighted by Gasteiger charge is 2.45. The molecule has 9 heteroatoms. The summed E-state index contributed by atoms with van der Waals surface area (Å²) in [7, 11) is 0. The lowest BCUT2D eigenvalue weighted by molar-refractivity contribution is -0.186. The van der Waals surface area contributed by atoms with Crippen molar-refractivity contribution in [2.24, 2.45) is 34.6 Å². The first-order chi connectivity index (χ1) is 16.8. The number of carbonyl (C=O) groups is 1. The van der Waals surface area contributed by atoms with Crippen LogP contribution in [0.4, 0.5) is 18.0 Å². The highest BCUT2D eigenvalue weighted by atomic mass is 19.4. The molecule has 2 heterocycles. The average molecular weight is 515 g/mol. The van der Waals surface area contributed by atoms with E-state index in [9.17, 15) is 18.0 Å². The molecule has 0 aromatic carbocycles. The lowest BCUT2D eigenvalue weighted by Crippen LogP contribution is -2.58. The number of hydrogen-bond acceptors (Lipinski definition) is 5. The maximum Gasteiger partial charge on any atom is 0.410 e. The summed E-state index contributed by atoms with van der Waals surface area (Å²) >= 11 is 0. The number of halogens is 3. The largest absolute Gasteiger partial charge is 0.444 e. The predicted octanol–water partition coefficient (Wildman–Crippen LogP) is 5.72. The van der Waals surface area contributed by atoms with Crippen molar-refractivity contribution in [3.05, 3.63) is 0 Å². The molecule has 1 saturated heterocycles. The van der Waals surface area contributed by atoms with Gasteiger partial charge in [0.2, 0.25) is 0 Å². The van der Waals surface area contributed by atoms with Gasteiger partial charge in [-0.1, -0.05) is 6.42 Å². The Morgan fingerprint density at radius 1 is 1.11 bits per heavy atom. The summed E-state index contributed by atoms with van der Waals surface area (Å²) in [5.41, 5.74) is -0.495. The van der Waals surface area contributed by atoms with Gasteiger partial charge in [0.15, 0.2) is 0 Å². The molecule has 0 bridgehead atoms. The smallest absolute Gasteiger partial charge is 0.410 e. The first-order valence-corrected chi connectivity index (χ1v) is 13.9. The lowest BCUT2D eigenvalue weighted by atomic mass is 9.70. The van der Waals surface area contributed by atoms with Crippen LogP contribution in [-0.4, -0.2) is 59.9 Å². The van der Waals surface area contributed by atoms with Crippen molar-refractivity contribution in [1.29, 1.82) is 0 Å². The van der Waals surface area contributed by atoms with Gasteiger partial charge in [0, 0.05) is 31.1 Å². The second kappa shape index (κ2) is 10.7. The van der Waals surface area contributed by atoms with E-state index in [-0.39, 0.29) is 37.1 Å². The zero-order valence-corrected chi connectivity index (χ0v) is 22.5. The number of nitrogens with zero attached hydrogens (tertiary/aromatic N) is 2. The van der Waals surface area contributed by atoms with Crippen molar-refractivity contribution in [3.8, 4) is 0 Å². The molecule has 1 amide bonds. The number of aliphatic imine (C=N–C) groups is 1. The zero-order valence-electron chi connectivity index (χ0n) is 22.5. The van der Waals surface area contributed by atoms with Crippen molar-refractivity contribution >= 4 is 11.9 Å². The topological polar surface area (TPSA) is 66.0 Å². The number of likely N-dealkylation sites (tertiary alicyclic amines) is 1. The van der Waals surface area contributed by atoms with Crippen LogP contribution >= 0.6 is 0 Å². The van der Waals surface area contributed by atoms with Crippen LogP contribution < -0.4 is 10.6 Å². The van der Waals surface area contributed by atoms with Gasteiger partial charge in [0.05, 0.1) is 11.8 Å². The SMILES string of the molecule is CC1=NC(NC(C)C2CCCC(C(F)(F)F)C2)C2CC(C3CCN(C(=O)OC(C)(C)C)C3)CCC2N1. The maximum absolute atomic E-state index is 13.4. The van der Waals surface area contributed by atoms with E-state index in [2.05, 4.69) is 10.6 Å². The van der Waals surface area contributed by atoms with E-state index >= 15 is 0 Å². The summed E-state index contributed by atoms with van der Waals surface area (Å²) in [4.78, 5) is 19.3. The summed E-state index contributed by atoms with van der Waals surface area (Å²) in [6.07, 6.45) is 1.72. The summed E-state index contributed by atoms with van der Waals surface area (Å²) in [5.74, 6) is 1.01. The molecule has 0 radical (unpaired) electrons. The molecule has 8 unspecified atom stereocenters. The molecule has 2 N–H and O–H groups in total. The Kier molecular flexibility index (Phi) is 8.18. The van der Waals surface area contributed by atoms with Crippen molar-refractivity contribution in [3.63, 3.8) is 0 Å². The van der Waals surface area contributed by atoms with Crippen molar-refractivity contribution in [2.75, 3.05) is 13.1 Å². The van der Waals surface area contributed by atoms with Crippen LogP contribution in [0.2, 0.25) is 0 Å². The number of nitrogens with one attached hydrogen (secondary N) is 2. The second-order valence-electron chi connectivity index (χ2n) is 12.7. The van der Waals surface area contributed by atoms with Gasteiger partial charge in [-0.25, -0.2) is 4.79 Å². The number of alkyl halides is 3. The Bertz CT molecular complexity index is 812. The molecular formula is C27H45F3N4O2. The first kappa shape index (κ1) is 27.5. The fourth-order valence-corrected chi connectivity index (χ4v) is 7.02. The number of carbonyl (C=O) groups excluding carboxylic acids is 1. The molecule has 36 heavy (non-hydrogen) atoms. The van der Waals surface area contributed by atoms with Gasteiger partial charge >= 0.3 is 12.3 Å². The Labute approximate surface area is 214 Å². The molecule has 206 valence electrons. The van der Waals surface area contributed by atoms with Gasteiger partial charge in [-0.2, -0.15) is 13.2 Å². The van der Waals surface area contributed by atoms with Crippen LogP contribution in [0, 0.1) is 29.6 Å². The maximum atomic E-state index is 13.4. The predicted molar refractivity (Wildman–Crippen MR) is 135 cm³/mol. The van der Waals surface area contributed by atoms with Crippen LogP contribution in [0.25, 0.3) is 0 Å². The molecule has 0 aromatic heterocycles. The zero-order chi connectivity index (χ0) is 26.3. The van der Waals surface area contributed by atoms with E-state index in [1.807, 2.05) is 39.5 Å². The van der Waals surface area contributed by atoms with Gasteiger partial charge in [0.25, 0.3) is 0 Å². The Hall–Kier alpha value is -1.51. The Morgan fingerprint density at radius 2 is 1.86 bits per heavy atom. The first-order valence-electron chi connectivity index (χ1n) is 13.9. The van der Waals surface area contributed by atoms with E-state index < -0.39 is 17.7 Å². The van der Waals surface area contributed by atoms with Crippen LogP contribution in [0.5, 0.6) is 0 Å². The molecule has 4 aliphatic rings. The third-order valence-electron chi connectivity index (χ3n) is 8.93. The minimum Gasteiger partial charge on any atom is -0.444 e. The number of amidine groups is 1. The van der Waals surface area contributed by atoms with Gasteiger partial charge in [0.1, 0.15) is 11.8 Å². The molecule has 6 nitrogen and oxygen atoms in total. The van der Waals surface area contributed by atoms with Crippen LogP contribution in [0.1, 0.15) is 86.0 Å². The molecule has 8 atom stereocenters. The molecule has 3 fully saturated rings. The normalized spacial score (nSPS) is 36.5. The van der Waals surface area contributed by atoms with Gasteiger partial charge in [-0.3, -0.25) is 10.3 Å². The number of amides is 1. The number of fused-ring (bicyclic) bond motifs is 1. The lowest BCUT2D eigenvalue weighted by Gasteiger charge is -2.46. The minimum atomic E-state index is -4.10. The van der Waals surface area contributed by atoms with E-state index in [0.29, 0.717) is 30.2 Å². The summed E-state index contributed by atoms with van der Waals surface area (Å²) in [6.45, 7) is 11.2. The van der Waals surface area contributed by atoms with E-state index in [1.54, 1.807) is 0 Å². The monoisotopic (exact) mass is 514 g/mol. The Balaban J connectivity index is 1.37. The van der Waals surface area contributed by atoms with Crippen LogP contribution in [-0.2, 0) is 4.74 Å². The van der Waals surface area contributed by atoms with Crippen LogP contribution in [0.15, 0.2) is 4.99 Å². The summed E-state index contributed by atoms with van der Waals surface area (Å²) in [6, 6.07) is 0.325. The molecule has 0 aromatic rings. The second-order valence-corrected chi connectivity index (χ2v) is 12.7. The standard InChI is InChI=1S/C27H45F3N4O2/c1-16(18-7-6-8-21(13-18)27(28,29)30)31-24-22-14-19(9-10-23(22)32-17(2)33-24)20-11-12-34(15-20)25(35)36-26(3,4)5/h16,18-24,31H,6-15H2,1-5H3,(H,32,33). The third-order valence-corrected chi connectivity index (χ3v) is 8.93. The summed E-state index contributed by atoms with van der Waals surface area (Å²) in [5, 5.41) is 7.24. The third kappa shape index (κ3) is 6.67. The molecule has 2 aliphatic heterocycles. The fraction of sp³-hybridized carbons (Fsp3) is 0.926. The summed E-state index contributed by atoms with van der Waals surface area (Å²) < 4.78 is 45.7. The van der Waals surface area contributed by atoms with Crippen molar-refractivity contribution in [2.45, 2.75) is 116 Å². The molecule has 0 spiro atoms. The van der Waals surface area contributed by atoms with E-state index in [1.165, 1.54) is 0 Å². The molecular weight excluding hydrogens is 469 g/mol. The van der Waals surface area contributed by atoms with Crippen molar-refractivity contribution in [1.82, 2.24) is 15.5 Å².